The third kappa shape index (κ3) is 4.49. The first-order valence-electron chi connectivity index (χ1n) is 5.95. The van der Waals surface area contributed by atoms with Crippen molar-refractivity contribution in [3.8, 4) is 0 Å². The Labute approximate surface area is 94.2 Å². The minimum Gasteiger partial charge on any atom is -0.373 e. The van der Waals surface area contributed by atoms with E-state index in [0.717, 1.165) is 26.2 Å². The summed E-state index contributed by atoms with van der Waals surface area (Å²) in [5.41, 5.74) is 0.339. The molecule has 15 heavy (non-hydrogen) atoms. The minimum atomic E-state index is 0.339. The van der Waals surface area contributed by atoms with Crippen LogP contribution in [0.2, 0.25) is 0 Å². The van der Waals surface area contributed by atoms with Gasteiger partial charge < -0.3 is 10.1 Å². The monoisotopic (exact) mass is 214 g/mol. The average Bonchev–Trinajstić information content (AvgIpc) is 1.99. The van der Waals surface area contributed by atoms with Crippen molar-refractivity contribution < 1.29 is 4.74 Å². The van der Waals surface area contributed by atoms with E-state index >= 15 is 0 Å². The molecule has 1 fully saturated rings. The molecular weight excluding hydrogens is 188 g/mol. The maximum atomic E-state index is 5.73. The number of hydrogen-bond acceptors (Lipinski definition) is 3. The molecule has 0 aromatic carbocycles. The summed E-state index contributed by atoms with van der Waals surface area (Å²) in [6, 6.07) is 0. The summed E-state index contributed by atoms with van der Waals surface area (Å²) in [5.74, 6) is 0. The number of rotatable bonds is 4. The molecule has 0 aromatic rings. The summed E-state index contributed by atoms with van der Waals surface area (Å²) in [6.07, 6.45) is 0.748. The zero-order valence-corrected chi connectivity index (χ0v) is 10.8. The second-order valence-corrected chi connectivity index (χ2v) is 5.65. The summed E-state index contributed by atoms with van der Waals surface area (Å²) in [6.45, 7) is 13.3. The fraction of sp³-hybridized carbons (Fsp3) is 1.00. The molecule has 1 saturated heterocycles. The van der Waals surface area contributed by atoms with Crippen molar-refractivity contribution in [1.82, 2.24) is 10.2 Å². The minimum absolute atomic E-state index is 0.339. The maximum Gasteiger partial charge on any atom is 0.0678 e. The summed E-state index contributed by atoms with van der Waals surface area (Å²) in [7, 11) is 2.02. The number of ether oxygens (including phenoxy) is 1. The van der Waals surface area contributed by atoms with Crippen molar-refractivity contribution >= 4 is 0 Å². The third-order valence-electron chi connectivity index (χ3n) is 2.80. The van der Waals surface area contributed by atoms with Crippen LogP contribution < -0.4 is 5.32 Å². The van der Waals surface area contributed by atoms with Crippen LogP contribution in [-0.2, 0) is 4.74 Å². The molecule has 0 unspecified atom stereocenters. The zero-order chi connectivity index (χ0) is 11.5. The number of hydrogen-bond donors (Lipinski definition) is 1. The van der Waals surface area contributed by atoms with E-state index < -0.39 is 0 Å². The number of morpholine rings is 1. The lowest BCUT2D eigenvalue weighted by atomic mass is 9.92. The average molecular weight is 214 g/mol. The molecule has 3 nitrogen and oxygen atoms in total. The van der Waals surface area contributed by atoms with Gasteiger partial charge in [0.25, 0.3) is 0 Å². The van der Waals surface area contributed by atoms with E-state index in [0.29, 0.717) is 17.6 Å². The second-order valence-electron chi connectivity index (χ2n) is 5.65. The standard InChI is InChI=1S/C12H26N2O/c1-10-6-14(7-11(2)15-10)9-12(3,4)8-13-5/h10-11,13H,6-9H2,1-5H3/t10-,11+. The van der Waals surface area contributed by atoms with Crippen LogP contribution >= 0.6 is 0 Å². The van der Waals surface area contributed by atoms with Crippen molar-refractivity contribution in [2.24, 2.45) is 5.41 Å². The van der Waals surface area contributed by atoms with Gasteiger partial charge in [-0.05, 0) is 26.3 Å². The fourth-order valence-corrected chi connectivity index (χ4v) is 2.55. The molecule has 90 valence electrons. The van der Waals surface area contributed by atoms with Gasteiger partial charge in [-0.2, -0.15) is 0 Å². The van der Waals surface area contributed by atoms with Gasteiger partial charge in [-0.25, -0.2) is 0 Å². The lowest BCUT2D eigenvalue weighted by Gasteiger charge is -2.39. The Hall–Kier alpha value is -0.120. The molecule has 0 amide bonds. The molecule has 0 aromatic heterocycles. The number of nitrogens with zero attached hydrogens (tertiary/aromatic N) is 1. The Morgan fingerprint density at radius 2 is 1.80 bits per heavy atom. The Morgan fingerprint density at radius 1 is 1.27 bits per heavy atom. The molecule has 3 heteroatoms. The summed E-state index contributed by atoms with van der Waals surface area (Å²) < 4.78 is 5.73. The normalized spacial score (nSPS) is 29.4. The summed E-state index contributed by atoms with van der Waals surface area (Å²) in [4.78, 5) is 2.52. The van der Waals surface area contributed by atoms with Crippen LogP contribution in [0.15, 0.2) is 0 Å². The van der Waals surface area contributed by atoms with Crippen LogP contribution in [0.5, 0.6) is 0 Å². The van der Waals surface area contributed by atoms with Crippen molar-refractivity contribution in [2.75, 3.05) is 33.2 Å². The van der Waals surface area contributed by atoms with Gasteiger partial charge in [0.15, 0.2) is 0 Å². The van der Waals surface area contributed by atoms with Gasteiger partial charge in [-0.3, -0.25) is 4.90 Å². The number of nitrogens with one attached hydrogen (secondary N) is 1. The van der Waals surface area contributed by atoms with Gasteiger partial charge in [0.2, 0.25) is 0 Å². The lowest BCUT2D eigenvalue weighted by Crippen LogP contribution is -2.50. The largest absolute Gasteiger partial charge is 0.373 e. The lowest BCUT2D eigenvalue weighted by molar-refractivity contribution is -0.0754. The van der Waals surface area contributed by atoms with E-state index in [9.17, 15) is 0 Å². The molecule has 0 spiro atoms. The SMILES string of the molecule is CNCC(C)(C)CN1C[C@@H](C)O[C@@H](C)C1. The molecule has 1 heterocycles. The summed E-state index contributed by atoms with van der Waals surface area (Å²) in [5, 5.41) is 3.26. The molecule has 1 rings (SSSR count). The molecular formula is C12H26N2O. The van der Waals surface area contributed by atoms with Crippen LogP contribution in [0.25, 0.3) is 0 Å². The second kappa shape index (κ2) is 5.28. The van der Waals surface area contributed by atoms with E-state index in [2.05, 4.69) is 37.9 Å². The topological polar surface area (TPSA) is 24.5 Å². The zero-order valence-electron chi connectivity index (χ0n) is 10.8. The van der Waals surface area contributed by atoms with Crippen molar-refractivity contribution in [3.63, 3.8) is 0 Å². The first kappa shape index (κ1) is 12.9. The Morgan fingerprint density at radius 3 is 2.27 bits per heavy atom. The molecule has 2 atom stereocenters. The first-order valence-corrected chi connectivity index (χ1v) is 5.95. The fourth-order valence-electron chi connectivity index (χ4n) is 2.55. The van der Waals surface area contributed by atoms with Crippen molar-refractivity contribution in [2.45, 2.75) is 39.9 Å². The molecule has 0 radical (unpaired) electrons. The van der Waals surface area contributed by atoms with E-state index in [1.807, 2.05) is 7.05 Å². The molecule has 1 aliphatic heterocycles. The molecule has 0 aliphatic carbocycles. The predicted molar refractivity (Wildman–Crippen MR) is 64.2 cm³/mol. The van der Waals surface area contributed by atoms with E-state index in [1.165, 1.54) is 0 Å². The van der Waals surface area contributed by atoms with Crippen LogP contribution in [0.3, 0.4) is 0 Å². The highest BCUT2D eigenvalue weighted by molar-refractivity contribution is 4.80. The summed E-state index contributed by atoms with van der Waals surface area (Å²) >= 11 is 0. The van der Waals surface area contributed by atoms with E-state index in [-0.39, 0.29) is 0 Å². The van der Waals surface area contributed by atoms with Crippen LogP contribution in [0, 0.1) is 5.41 Å². The van der Waals surface area contributed by atoms with Crippen LogP contribution in [0.1, 0.15) is 27.7 Å². The van der Waals surface area contributed by atoms with Gasteiger partial charge in [-0.1, -0.05) is 13.8 Å². The van der Waals surface area contributed by atoms with E-state index in [1.54, 1.807) is 0 Å². The molecule has 0 bridgehead atoms. The smallest absolute Gasteiger partial charge is 0.0678 e. The first-order chi connectivity index (χ1) is 6.93. The molecule has 1 N–H and O–H groups in total. The maximum absolute atomic E-state index is 5.73. The van der Waals surface area contributed by atoms with Gasteiger partial charge in [-0.15, -0.1) is 0 Å². The Balaban J connectivity index is 2.43. The van der Waals surface area contributed by atoms with Crippen molar-refractivity contribution in [3.05, 3.63) is 0 Å². The van der Waals surface area contributed by atoms with Gasteiger partial charge >= 0.3 is 0 Å². The van der Waals surface area contributed by atoms with Crippen molar-refractivity contribution in [1.29, 1.82) is 0 Å². The highest BCUT2D eigenvalue weighted by atomic mass is 16.5. The van der Waals surface area contributed by atoms with Crippen LogP contribution in [0.4, 0.5) is 0 Å². The Kier molecular flexibility index (Phi) is 4.56. The third-order valence-corrected chi connectivity index (χ3v) is 2.80. The predicted octanol–water partition coefficient (Wildman–Crippen LogP) is 1.34. The van der Waals surface area contributed by atoms with Gasteiger partial charge in [0, 0.05) is 26.2 Å². The highest BCUT2D eigenvalue weighted by Gasteiger charge is 2.27. The van der Waals surface area contributed by atoms with Gasteiger partial charge in [0.1, 0.15) is 0 Å². The molecule has 0 saturated carbocycles. The highest BCUT2D eigenvalue weighted by Crippen LogP contribution is 2.19. The van der Waals surface area contributed by atoms with E-state index in [4.69, 9.17) is 4.74 Å². The Bertz CT molecular complexity index is 184. The quantitative estimate of drug-likeness (QED) is 0.764. The molecule has 1 aliphatic rings. The van der Waals surface area contributed by atoms with Gasteiger partial charge in [0.05, 0.1) is 12.2 Å². The van der Waals surface area contributed by atoms with Crippen LogP contribution in [-0.4, -0.2) is 50.3 Å².